The first-order valence-electron chi connectivity index (χ1n) is 16.2. The predicted molar refractivity (Wildman–Crippen MR) is 182 cm³/mol. The zero-order valence-corrected chi connectivity index (χ0v) is 27.2. The maximum Gasteiger partial charge on any atom is 0.251 e. The van der Waals surface area contributed by atoms with Crippen molar-refractivity contribution in [3.05, 3.63) is 71.8 Å². The molecule has 4 amide bonds. The smallest absolute Gasteiger partial charge is 0.251 e. The van der Waals surface area contributed by atoms with Gasteiger partial charge in [-0.05, 0) is 69.2 Å². The zero-order chi connectivity index (χ0) is 34.4. The number of guanidine groups is 1. The van der Waals surface area contributed by atoms with Gasteiger partial charge in [-0.25, -0.2) is 0 Å². The summed E-state index contributed by atoms with van der Waals surface area (Å²) in [6, 6.07) is 14.0. The molecule has 0 aliphatic rings. The van der Waals surface area contributed by atoms with Crippen LogP contribution in [0.5, 0.6) is 0 Å². The van der Waals surface area contributed by atoms with Crippen molar-refractivity contribution in [2.75, 3.05) is 13.1 Å². The topological polar surface area (TPSA) is 224 Å². The first-order chi connectivity index (χ1) is 22.7. The van der Waals surface area contributed by atoms with Crippen LogP contribution in [0.1, 0.15) is 74.2 Å². The molecule has 256 valence electrons. The van der Waals surface area contributed by atoms with Gasteiger partial charge in [0, 0.05) is 12.1 Å². The molecule has 2 aromatic rings. The lowest BCUT2D eigenvalue weighted by Crippen LogP contribution is -2.57. The first kappa shape index (κ1) is 38.4. The number of aldehydes is 1. The van der Waals surface area contributed by atoms with E-state index >= 15 is 0 Å². The van der Waals surface area contributed by atoms with E-state index in [0.29, 0.717) is 50.5 Å². The van der Waals surface area contributed by atoms with Gasteiger partial charge in [-0.3, -0.25) is 24.2 Å². The summed E-state index contributed by atoms with van der Waals surface area (Å²) in [6.07, 6.45) is 4.72. The molecule has 2 rings (SSSR count). The van der Waals surface area contributed by atoms with E-state index in [9.17, 15) is 24.0 Å². The van der Waals surface area contributed by atoms with Gasteiger partial charge < -0.3 is 43.3 Å². The van der Waals surface area contributed by atoms with Crippen molar-refractivity contribution in [1.82, 2.24) is 21.3 Å². The van der Waals surface area contributed by atoms with E-state index in [1.807, 2.05) is 37.3 Å². The van der Waals surface area contributed by atoms with Crippen molar-refractivity contribution in [3.8, 4) is 0 Å². The van der Waals surface area contributed by atoms with Crippen LogP contribution in [0.2, 0.25) is 0 Å². The second-order valence-electron chi connectivity index (χ2n) is 11.3. The number of hydrogen-bond donors (Lipinski definition) is 7. The van der Waals surface area contributed by atoms with E-state index in [4.69, 9.17) is 17.2 Å². The lowest BCUT2D eigenvalue weighted by Gasteiger charge is -2.26. The summed E-state index contributed by atoms with van der Waals surface area (Å²) in [7, 11) is 0. The number of carbonyl (C=O) groups excluding carboxylic acids is 5. The summed E-state index contributed by atoms with van der Waals surface area (Å²) in [4.78, 5) is 69.4. The SMILES string of the molecule is CCCC[C@H](NC(=O)c1ccccc1)C(=O)N[C@@H](CCCCN)C(=O)N[C@@H](CCCN=C(N)N)C(=O)N[C@H](C=O)Cc1ccccc1. The zero-order valence-electron chi connectivity index (χ0n) is 27.2. The third-order valence-electron chi connectivity index (χ3n) is 7.45. The van der Waals surface area contributed by atoms with Crippen LogP contribution in [-0.2, 0) is 25.6 Å². The van der Waals surface area contributed by atoms with Crippen molar-refractivity contribution in [2.45, 2.75) is 88.9 Å². The Morgan fingerprint density at radius 2 is 1.26 bits per heavy atom. The molecule has 0 bridgehead atoms. The molecule has 13 heteroatoms. The number of amides is 4. The third kappa shape index (κ3) is 14.9. The molecule has 0 spiro atoms. The minimum Gasteiger partial charge on any atom is -0.370 e. The largest absolute Gasteiger partial charge is 0.370 e. The lowest BCUT2D eigenvalue weighted by molar-refractivity contribution is -0.133. The molecule has 2 aromatic carbocycles. The Kier molecular flexibility index (Phi) is 17.9. The summed E-state index contributed by atoms with van der Waals surface area (Å²) in [6.45, 7) is 2.60. The van der Waals surface area contributed by atoms with Gasteiger partial charge in [0.05, 0.1) is 6.04 Å². The Hall–Kier alpha value is -4.78. The highest BCUT2D eigenvalue weighted by atomic mass is 16.2. The van der Waals surface area contributed by atoms with Gasteiger partial charge in [-0.15, -0.1) is 0 Å². The standard InChI is InChI=1S/C34H50N8O5/c1-2-3-17-27(40-30(44)25-15-8-5-9-16-25)32(46)41-28(18-10-11-20-35)33(47)42-29(19-12-21-38-34(36)37)31(45)39-26(23-43)22-24-13-6-4-7-14-24/h4-9,13-16,23,26-29H,2-3,10-12,17-22,35H2,1H3,(H,39,45)(H,40,44)(H,41,46)(H,42,47)(H4,36,37,38)/t26-,27-,28-,29-/m0/s1. The summed E-state index contributed by atoms with van der Waals surface area (Å²) >= 11 is 0. The van der Waals surface area contributed by atoms with Gasteiger partial charge in [0.15, 0.2) is 5.96 Å². The fourth-order valence-electron chi connectivity index (χ4n) is 4.87. The minimum absolute atomic E-state index is 0.0985. The van der Waals surface area contributed by atoms with Gasteiger partial charge in [0.25, 0.3) is 5.91 Å². The summed E-state index contributed by atoms with van der Waals surface area (Å²) in [5.74, 6) is -2.14. The second-order valence-corrected chi connectivity index (χ2v) is 11.3. The van der Waals surface area contributed by atoms with Crippen molar-refractivity contribution in [2.24, 2.45) is 22.2 Å². The Labute approximate surface area is 276 Å². The van der Waals surface area contributed by atoms with E-state index < -0.39 is 47.8 Å². The van der Waals surface area contributed by atoms with Crippen LogP contribution >= 0.6 is 0 Å². The van der Waals surface area contributed by atoms with E-state index in [2.05, 4.69) is 26.3 Å². The Bertz CT molecular complexity index is 1290. The van der Waals surface area contributed by atoms with Gasteiger partial charge in [0.1, 0.15) is 24.4 Å². The van der Waals surface area contributed by atoms with Crippen molar-refractivity contribution in [1.29, 1.82) is 0 Å². The number of nitrogens with two attached hydrogens (primary N) is 3. The number of carbonyl (C=O) groups is 5. The quantitative estimate of drug-likeness (QED) is 0.0421. The highest BCUT2D eigenvalue weighted by Crippen LogP contribution is 2.09. The average Bonchev–Trinajstić information content (AvgIpc) is 3.07. The number of benzene rings is 2. The minimum atomic E-state index is -1.04. The van der Waals surface area contributed by atoms with Crippen LogP contribution in [0.15, 0.2) is 65.7 Å². The summed E-state index contributed by atoms with van der Waals surface area (Å²) in [5.41, 5.74) is 17.8. The Balaban J connectivity index is 2.22. The molecule has 0 radical (unpaired) electrons. The fourth-order valence-corrected chi connectivity index (χ4v) is 4.87. The normalized spacial score (nSPS) is 13.2. The van der Waals surface area contributed by atoms with Crippen molar-refractivity contribution < 1.29 is 24.0 Å². The van der Waals surface area contributed by atoms with E-state index in [1.54, 1.807) is 30.3 Å². The molecule has 0 aromatic heterocycles. The molecule has 0 saturated carbocycles. The molecule has 10 N–H and O–H groups in total. The Morgan fingerprint density at radius 1 is 0.723 bits per heavy atom. The molecule has 4 atom stereocenters. The molecule has 0 unspecified atom stereocenters. The molecular weight excluding hydrogens is 600 g/mol. The van der Waals surface area contributed by atoms with Gasteiger partial charge >= 0.3 is 0 Å². The fraction of sp³-hybridized carbons (Fsp3) is 0.471. The summed E-state index contributed by atoms with van der Waals surface area (Å²) < 4.78 is 0. The van der Waals surface area contributed by atoms with Crippen LogP contribution in [0.25, 0.3) is 0 Å². The monoisotopic (exact) mass is 650 g/mol. The van der Waals surface area contributed by atoms with Gasteiger partial charge in [0.2, 0.25) is 17.7 Å². The molecule has 13 nitrogen and oxygen atoms in total. The number of unbranched alkanes of at least 4 members (excludes halogenated alkanes) is 2. The highest BCUT2D eigenvalue weighted by molar-refractivity contribution is 5.98. The summed E-state index contributed by atoms with van der Waals surface area (Å²) in [5, 5.41) is 11.1. The second kappa shape index (κ2) is 21.9. The van der Waals surface area contributed by atoms with Crippen molar-refractivity contribution >= 4 is 35.9 Å². The number of rotatable bonds is 22. The van der Waals surface area contributed by atoms with Crippen LogP contribution in [0.3, 0.4) is 0 Å². The molecule has 0 aliphatic heterocycles. The van der Waals surface area contributed by atoms with E-state index in [0.717, 1.165) is 12.0 Å². The molecular formula is C34H50N8O5. The average molecular weight is 651 g/mol. The van der Waals surface area contributed by atoms with Gasteiger partial charge in [-0.1, -0.05) is 68.3 Å². The number of hydrogen-bond acceptors (Lipinski definition) is 7. The van der Waals surface area contributed by atoms with Crippen LogP contribution < -0.4 is 38.5 Å². The molecule has 0 saturated heterocycles. The molecule has 0 aliphatic carbocycles. The molecule has 0 fully saturated rings. The highest BCUT2D eigenvalue weighted by Gasteiger charge is 2.30. The third-order valence-corrected chi connectivity index (χ3v) is 7.45. The number of nitrogens with zero attached hydrogens (tertiary/aromatic N) is 1. The van der Waals surface area contributed by atoms with E-state index in [1.165, 1.54) is 0 Å². The van der Waals surface area contributed by atoms with Crippen molar-refractivity contribution in [3.63, 3.8) is 0 Å². The maximum atomic E-state index is 13.7. The van der Waals surface area contributed by atoms with E-state index in [-0.39, 0.29) is 31.8 Å². The maximum absolute atomic E-state index is 13.7. The first-order valence-corrected chi connectivity index (χ1v) is 16.2. The Morgan fingerprint density at radius 3 is 1.81 bits per heavy atom. The van der Waals surface area contributed by atoms with Crippen LogP contribution in [0, 0.1) is 0 Å². The number of nitrogens with one attached hydrogen (secondary N) is 4. The van der Waals surface area contributed by atoms with Gasteiger partial charge in [-0.2, -0.15) is 0 Å². The van der Waals surface area contributed by atoms with Crippen LogP contribution in [0.4, 0.5) is 0 Å². The molecule has 0 heterocycles. The number of aliphatic imine (C=N–C) groups is 1. The lowest BCUT2D eigenvalue weighted by atomic mass is 10.0. The van der Waals surface area contributed by atoms with Crippen LogP contribution in [-0.4, -0.2) is 73.1 Å². The molecule has 47 heavy (non-hydrogen) atoms. The predicted octanol–water partition coefficient (Wildman–Crippen LogP) is 1.05.